The fourth-order valence-electron chi connectivity index (χ4n) is 3.88. The van der Waals surface area contributed by atoms with Crippen LogP contribution in [-0.2, 0) is 26.1 Å². The third kappa shape index (κ3) is 5.68. The number of rotatable bonds is 9. The van der Waals surface area contributed by atoms with Gasteiger partial charge in [-0.1, -0.05) is 36.4 Å². The fourth-order valence-corrected chi connectivity index (χ4v) is 6.27. The minimum Gasteiger partial charge on any atom is -0.598 e. The summed E-state index contributed by atoms with van der Waals surface area (Å²) < 4.78 is 70.3. The Bertz CT molecular complexity index is 1480. The molecule has 0 bridgehead atoms. The maximum atomic E-state index is 14.6. The van der Waals surface area contributed by atoms with Crippen LogP contribution in [0, 0.1) is 5.82 Å². The van der Waals surface area contributed by atoms with Crippen molar-refractivity contribution < 1.29 is 26.8 Å². The van der Waals surface area contributed by atoms with Crippen LogP contribution in [0.5, 0.6) is 5.75 Å². The van der Waals surface area contributed by atoms with Crippen molar-refractivity contribution in [2.24, 2.45) is 0 Å². The molecule has 1 aromatic heterocycles. The van der Waals surface area contributed by atoms with E-state index in [1.54, 1.807) is 69.3 Å². The molecule has 1 N–H and O–H groups in total. The molecular weight excluding hydrogens is 515 g/mol. The molecule has 0 amide bonds. The highest BCUT2D eigenvalue weighted by Crippen LogP contribution is 2.37. The van der Waals surface area contributed by atoms with E-state index in [1.807, 2.05) is 0 Å². The van der Waals surface area contributed by atoms with Crippen LogP contribution in [0.2, 0.25) is 0 Å². The van der Waals surface area contributed by atoms with Gasteiger partial charge in [-0.25, -0.2) is 16.8 Å². The van der Waals surface area contributed by atoms with Crippen molar-refractivity contribution in [3.8, 4) is 5.75 Å². The van der Waals surface area contributed by atoms with Crippen LogP contribution in [0.1, 0.15) is 38.1 Å². The molecule has 0 saturated carbocycles. The zero-order valence-corrected chi connectivity index (χ0v) is 22.6. The van der Waals surface area contributed by atoms with Gasteiger partial charge in [-0.05, 0) is 63.2 Å². The molecule has 0 spiro atoms. The number of hydrogen-bond acceptors (Lipinski definition) is 6. The van der Waals surface area contributed by atoms with Crippen molar-refractivity contribution in [1.29, 1.82) is 0 Å². The smallest absolute Gasteiger partial charge is 0.268 e. The summed E-state index contributed by atoms with van der Waals surface area (Å²) in [7, 11) is -2.64. The standard InChI is InChI=1S/C27H29FN2O5S2/c1-27(2,3)36(31)29-26(22-17-20(28)14-15-25(22)35-18-34-4)24-16-19-10-8-9-13-23(19)30(24)37(32,33)21-11-6-5-7-12-21/h5-17,26,29H,18H2,1-4H3/t26-,36?/m0/s1. The van der Waals surface area contributed by atoms with Gasteiger partial charge in [-0.2, -0.15) is 0 Å². The summed E-state index contributed by atoms with van der Waals surface area (Å²) in [6, 6.07) is 19.7. The predicted octanol–water partition coefficient (Wildman–Crippen LogP) is 5.14. The van der Waals surface area contributed by atoms with Gasteiger partial charge in [0.25, 0.3) is 10.0 Å². The molecule has 3 aromatic carbocycles. The number of nitrogens with one attached hydrogen (secondary N) is 1. The average Bonchev–Trinajstić information content (AvgIpc) is 3.26. The maximum Gasteiger partial charge on any atom is 0.268 e. The Morgan fingerprint density at radius 3 is 2.38 bits per heavy atom. The van der Waals surface area contributed by atoms with Gasteiger partial charge in [0.1, 0.15) is 22.4 Å². The molecule has 0 aliphatic rings. The van der Waals surface area contributed by atoms with Crippen molar-refractivity contribution in [3.63, 3.8) is 0 Å². The van der Waals surface area contributed by atoms with E-state index in [4.69, 9.17) is 9.47 Å². The third-order valence-electron chi connectivity index (χ3n) is 5.67. The highest BCUT2D eigenvalue weighted by atomic mass is 32.2. The molecule has 4 rings (SSSR count). The first-order valence-electron chi connectivity index (χ1n) is 11.5. The minimum absolute atomic E-state index is 0.0865. The minimum atomic E-state index is -4.10. The lowest BCUT2D eigenvalue weighted by atomic mass is 10.0. The monoisotopic (exact) mass is 544 g/mol. The Hall–Kier alpha value is -2.89. The van der Waals surface area contributed by atoms with Gasteiger partial charge in [-0.3, -0.25) is 0 Å². The number of halogens is 1. The second kappa shape index (κ2) is 10.8. The number of para-hydroxylation sites is 1. The zero-order chi connectivity index (χ0) is 26.8. The Kier molecular flexibility index (Phi) is 7.96. The molecule has 2 atom stereocenters. The summed E-state index contributed by atoms with van der Waals surface area (Å²) in [5.74, 6) is -0.290. The average molecular weight is 545 g/mol. The molecule has 4 aromatic rings. The number of methoxy groups -OCH3 is 1. The van der Waals surface area contributed by atoms with Crippen molar-refractivity contribution in [3.05, 3.63) is 95.9 Å². The van der Waals surface area contributed by atoms with Crippen LogP contribution >= 0.6 is 0 Å². The molecule has 0 saturated heterocycles. The van der Waals surface area contributed by atoms with Gasteiger partial charge in [0, 0.05) is 29.4 Å². The van der Waals surface area contributed by atoms with E-state index in [0.29, 0.717) is 10.9 Å². The summed E-state index contributed by atoms with van der Waals surface area (Å²) in [5, 5.41) is 0.654. The van der Waals surface area contributed by atoms with E-state index in [1.165, 1.54) is 41.4 Å². The van der Waals surface area contributed by atoms with Crippen molar-refractivity contribution in [1.82, 2.24) is 8.69 Å². The SMILES string of the molecule is COCOc1ccc(F)cc1[C@H](N[S+]([O-])C(C)(C)C)c1cc2ccccc2n1S(=O)(=O)c1ccccc1. The lowest BCUT2D eigenvalue weighted by molar-refractivity contribution is 0.0501. The van der Waals surface area contributed by atoms with Gasteiger partial charge in [0.2, 0.25) is 0 Å². The number of hydrogen-bond donors (Lipinski definition) is 1. The fraction of sp³-hybridized carbons (Fsp3) is 0.259. The highest BCUT2D eigenvalue weighted by molar-refractivity contribution is 7.91. The van der Waals surface area contributed by atoms with Crippen molar-refractivity contribution >= 4 is 32.3 Å². The maximum absolute atomic E-state index is 14.6. The van der Waals surface area contributed by atoms with Crippen LogP contribution < -0.4 is 9.46 Å². The molecule has 37 heavy (non-hydrogen) atoms. The van der Waals surface area contributed by atoms with Crippen LogP contribution in [0.15, 0.2) is 83.8 Å². The zero-order valence-electron chi connectivity index (χ0n) is 21.0. The second-order valence-corrected chi connectivity index (χ2v) is 13.2. The van der Waals surface area contributed by atoms with Gasteiger partial charge in [0.15, 0.2) is 6.79 Å². The number of benzene rings is 3. The number of ether oxygens (including phenoxy) is 2. The molecular formula is C27H29FN2O5S2. The Labute approximate surface area is 219 Å². The molecule has 0 aliphatic carbocycles. The number of nitrogens with zero attached hydrogens (tertiary/aromatic N) is 1. The van der Waals surface area contributed by atoms with E-state index in [2.05, 4.69) is 4.72 Å². The lowest BCUT2D eigenvalue weighted by Crippen LogP contribution is -2.42. The summed E-state index contributed by atoms with van der Waals surface area (Å²) in [6.45, 7) is 5.25. The third-order valence-corrected chi connectivity index (χ3v) is 8.99. The van der Waals surface area contributed by atoms with Gasteiger partial charge in [0.05, 0.1) is 16.1 Å². The first kappa shape index (κ1) is 27.2. The number of fused-ring (bicyclic) bond motifs is 1. The summed E-state index contributed by atoms with van der Waals surface area (Å²) in [5.41, 5.74) is 0.975. The summed E-state index contributed by atoms with van der Waals surface area (Å²) in [6.07, 6.45) is 0. The van der Waals surface area contributed by atoms with Crippen LogP contribution in [0.25, 0.3) is 10.9 Å². The lowest BCUT2D eigenvalue weighted by Gasteiger charge is -2.29. The largest absolute Gasteiger partial charge is 0.598 e. The van der Waals surface area contributed by atoms with Crippen LogP contribution in [0.3, 0.4) is 0 Å². The Morgan fingerprint density at radius 1 is 1.03 bits per heavy atom. The number of aromatic nitrogens is 1. The van der Waals surface area contributed by atoms with E-state index < -0.39 is 38.0 Å². The quantitative estimate of drug-likeness (QED) is 0.232. The van der Waals surface area contributed by atoms with E-state index in [9.17, 15) is 17.4 Å². The van der Waals surface area contributed by atoms with Gasteiger partial charge < -0.3 is 14.0 Å². The first-order chi connectivity index (χ1) is 17.5. The van der Waals surface area contributed by atoms with E-state index >= 15 is 0 Å². The predicted molar refractivity (Wildman–Crippen MR) is 143 cm³/mol. The van der Waals surface area contributed by atoms with Crippen molar-refractivity contribution in [2.75, 3.05) is 13.9 Å². The van der Waals surface area contributed by atoms with Crippen LogP contribution in [0.4, 0.5) is 4.39 Å². The normalized spacial score (nSPS) is 14.0. The summed E-state index contributed by atoms with van der Waals surface area (Å²) >= 11 is -1.66. The Balaban J connectivity index is 2.02. The van der Waals surface area contributed by atoms with Crippen molar-refractivity contribution in [2.45, 2.75) is 36.5 Å². The molecule has 0 fully saturated rings. The van der Waals surface area contributed by atoms with Gasteiger partial charge >= 0.3 is 0 Å². The van der Waals surface area contributed by atoms with Gasteiger partial charge in [-0.15, -0.1) is 4.72 Å². The topological polar surface area (TPSA) is 92.6 Å². The van der Waals surface area contributed by atoms with E-state index in [0.717, 1.165) is 0 Å². The molecule has 1 unspecified atom stereocenters. The highest BCUT2D eigenvalue weighted by Gasteiger charge is 2.36. The molecule has 0 aliphatic heterocycles. The summed E-state index contributed by atoms with van der Waals surface area (Å²) in [4.78, 5) is 0.0865. The molecule has 196 valence electrons. The molecule has 10 heteroatoms. The second-order valence-electron chi connectivity index (χ2n) is 9.38. The Morgan fingerprint density at radius 2 is 1.70 bits per heavy atom. The molecule has 1 heterocycles. The van der Waals surface area contributed by atoms with E-state index in [-0.39, 0.29) is 28.7 Å². The van der Waals surface area contributed by atoms with Crippen LogP contribution in [-0.4, -0.2) is 35.6 Å². The molecule has 0 radical (unpaired) electrons. The molecule has 7 nitrogen and oxygen atoms in total. The first-order valence-corrected chi connectivity index (χ1v) is 14.1.